The van der Waals surface area contributed by atoms with E-state index < -0.39 is 18.0 Å². The number of hydrogen-bond acceptors (Lipinski definition) is 6. The minimum atomic E-state index is -0.756. The monoisotopic (exact) mass is 494 g/mol. The van der Waals surface area contributed by atoms with Crippen LogP contribution < -0.4 is 19.6 Å². The molecule has 0 saturated carbocycles. The first-order chi connectivity index (χ1) is 18.1. The average Bonchev–Trinajstić information content (AvgIpc) is 2.94. The van der Waals surface area contributed by atoms with Gasteiger partial charge in [0.05, 0.1) is 11.8 Å². The van der Waals surface area contributed by atoms with Crippen molar-refractivity contribution in [3.63, 3.8) is 0 Å². The summed E-state index contributed by atoms with van der Waals surface area (Å²) in [4.78, 5) is 24.5. The summed E-state index contributed by atoms with van der Waals surface area (Å²) in [5.74, 6) is 0.832. The van der Waals surface area contributed by atoms with E-state index in [1.165, 1.54) is 6.21 Å². The molecule has 0 heterocycles. The summed E-state index contributed by atoms with van der Waals surface area (Å²) in [7, 11) is 0. The van der Waals surface area contributed by atoms with Crippen LogP contribution in [0.15, 0.2) is 114 Å². The van der Waals surface area contributed by atoms with Crippen molar-refractivity contribution in [3.05, 3.63) is 126 Å². The van der Waals surface area contributed by atoms with Gasteiger partial charge in [-0.3, -0.25) is 4.79 Å². The molecular weight excluding hydrogens is 468 g/mol. The minimum Gasteiger partial charge on any atom is -0.489 e. The number of esters is 1. The largest absolute Gasteiger partial charge is 0.489 e. The molecule has 0 saturated heterocycles. The summed E-state index contributed by atoms with van der Waals surface area (Å²) in [5, 5.41) is 3.98. The molecule has 1 unspecified atom stereocenters. The SMILES string of the molecule is CC(Oc1ccc(OCc2ccccc2)cc1)C(=O)NN=Cc1ccc(OC(=O)c2ccccc2)cc1. The number of carbonyl (C=O) groups excluding carboxylic acids is 2. The summed E-state index contributed by atoms with van der Waals surface area (Å²) in [6.45, 7) is 2.11. The van der Waals surface area contributed by atoms with Crippen molar-refractivity contribution < 1.29 is 23.8 Å². The zero-order valence-electron chi connectivity index (χ0n) is 20.2. The van der Waals surface area contributed by atoms with Crippen LogP contribution in [0, 0.1) is 0 Å². The van der Waals surface area contributed by atoms with Gasteiger partial charge < -0.3 is 14.2 Å². The van der Waals surface area contributed by atoms with Crippen LogP contribution in [-0.2, 0) is 11.4 Å². The summed E-state index contributed by atoms with van der Waals surface area (Å²) in [5.41, 5.74) is 4.74. The van der Waals surface area contributed by atoms with E-state index in [0.29, 0.717) is 29.4 Å². The highest BCUT2D eigenvalue weighted by Crippen LogP contribution is 2.20. The van der Waals surface area contributed by atoms with Crippen molar-refractivity contribution in [2.75, 3.05) is 0 Å². The number of carbonyl (C=O) groups is 2. The molecule has 0 fully saturated rings. The smallest absolute Gasteiger partial charge is 0.343 e. The maximum Gasteiger partial charge on any atom is 0.343 e. The maximum absolute atomic E-state index is 12.3. The molecule has 7 heteroatoms. The van der Waals surface area contributed by atoms with Gasteiger partial charge in [0.15, 0.2) is 6.10 Å². The molecule has 37 heavy (non-hydrogen) atoms. The third-order valence-electron chi connectivity index (χ3n) is 5.24. The van der Waals surface area contributed by atoms with Gasteiger partial charge in [-0.25, -0.2) is 10.2 Å². The van der Waals surface area contributed by atoms with Crippen molar-refractivity contribution in [3.8, 4) is 17.2 Å². The Kier molecular flexibility index (Phi) is 8.64. The minimum absolute atomic E-state index is 0.394. The lowest BCUT2D eigenvalue weighted by molar-refractivity contribution is -0.127. The van der Waals surface area contributed by atoms with Gasteiger partial charge in [0, 0.05) is 0 Å². The number of hydrogen-bond donors (Lipinski definition) is 1. The predicted molar refractivity (Wildman–Crippen MR) is 141 cm³/mol. The molecule has 0 aliphatic heterocycles. The summed E-state index contributed by atoms with van der Waals surface area (Å²) >= 11 is 0. The van der Waals surface area contributed by atoms with Crippen LogP contribution in [0.5, 0.6) is 17.2 Å². The van der Waals surface area contributed by atoms with E-state index in [1.807, 2.05) is 36.4 Å². The maximum atomic E-state index is 12.3. The Bertz CT molecular complexity index is 1320. The van der Waals surface area contributed by atoms with Gasteiger partial charge in [0.2, 0.25) is 0 Å². The Labute approximate surface area is 215 Å². The fraction of sp³-hybridized carbons (Fsp3) is 0.100. The van der Waals surface area contributed by atoms with E-state index in [-0.39, 0.29) is 0 Å². The molecule has 1 amide bonds. The third kappa shape index (κ3) is 7.80. The number of nitrogens with one attached hydrogen (secondary N) is 1. The summed E-state index contributed by atoms with van der Waals surface area (Å²) < 4.78 is 16.8. The molecule has 1 atom stereocenters. The Balaban J connectivity index is 1.21. The Morgan fingerprint density at radius 1 is 0.784 bits per heavy atom. The number of rotatable bonds is 10. The zero-order chi connectivity index (χ0) is 25.9. The van der Waals surface area contributed by atoms with Gasteiger partial charge in [0.1, 0.15) is 23.9 Å². The fourth-order valence-electron chi connectivity index (χ4n) is 3.24. The average molecular weight is 495 g/mol. The molecule has 0 aromatic heterocycles. The van der Waals surface area contributed by atoms with E-state index >= 15 is 0 Å². The topological polar surface area (TPSA) is 86.2 Å². The summed E-state index contributed by atoms with van der Waals surface area (Å²) in [6.07, 6.45) is 0.736. The van der Waals surface area contributed by atoms with Crippen molar-refractivity contribution in [1.82, 2.24) is 5.43 Å². The highest BCUT2D eigenvalue weighted by molar-refractivity contribution is 5.91. The normalized spacial score (nSPS) is 11.5. The van der Waals surface area contributed by atoms with Crippen molar-refractivity contribution in [2.45, 2.75) is 19.6 Å². The lowest BCUT2D eigenvalue weighted by Crippen LogP contribution is -2.33. The van der Waals surface area contributed by atoms with E-state index in [9.17, 15) is 9.59 Å². The molecule has 0 spiro atoms. The number of nitrogens with zero attached hydrogens (tertiary/aromatic N) is 1. The van der Waals surface area contributed by atoms with Crippen molar-refractivity contribution >= 4 is 18.1 Å². The Morgan fingerprint density at radius 2 is 1.38 bits per heavy atom. The standard InChI is InChI=1S/C30H26N2O5/c1-22(36-27-18-16-26(17-19-27)35-21-24-8-4-2-5-9-24)29(33)32-31-20-23-12-14-28(15-13-23)37-30(34)25-10-6-3-7-11-25/h2-20,22H,21H2,1H3,(H,32,33). The van der Waals surface area contributed by atoms with Crippen LogP contribution in [-0.4, -0.2) is 24.2 Å². The first kappa shape index (κ1) is 25.2. The fourth-order valence-corrected chi connectivity index (χ4v) is 3.24. The van der Waals surface area contributed by atoms with Gasteiger partial charge in [-0.05, 0) is 78.7 Å². The molecule has 4 rings (SSSR count). The molecule has 0 aliphatic carbocycles. The second-order valence-electron chi connectivity index (χ2n) is 8.06. The van der Waals surface area contributed by atoms with E-state index in [2.05, 4.69) is 10.5 Å². The molecule has 4 aromatic rings. The van der Waals surface area contributed by atoms with E-state index in [1.54, 1.807) is 79.7 Å². The lowest BCUT2D eigenvalue weighted by Gasteiger charge is -2.13. The van der Waals surface area contributed by atoms with Crippen LogP contribution in [0.2, 0.25) is 0 Å². The molecule has 7 nitrogen and oxygen atoms in total. The highest BCUT2D eigenvalue weighted by Gasteiger charge is 2.14. The predicted octanol–water partition coefficient (Wildman–Crippen LogP) is 5.40. The van der Waals surface area contributed by atoms with Crippen LogP contribution in [0.25, 0.3) is 0 Å². The Morgan fingerprint density at radius 3 is 2.05 bits per heavy atom. The van der Waals surface area contributed by atoms with Crippen LogP contribution in [0.1, 0.15) is 28.4 Å². The molecule has 1 N–H and O–H groups in total. The number of hydrazone groups is 1. The number of amides is 1. The number of benzene rings is 4. The molecule has 0 bridgehead atoms. The van der Waals surface area contributed by atoms with Crippen molar-refractivity contribution in [1.29, 1.82) is 0 Å². The van der Waals surface area contributed by atoms with Gasteiger partial charge in [-0.2, -0.15) is 5.10 Å². The van der Waals surface area contributed by atoms with Crippen molar-refractivity contribution in [2.24, 2.45) is 5.10 Å². The van der Waals surface area contributed by atoms with Gasteiger partial charge in [-0.15, -0.1) is 0 Å². The zero-order valence-corrected chi connectivity index (χ0v) is 20.2. The van der Waals surface area contributed by atoms with Gasteiger partial charge >= 0.3 is 5.97 Å². The molecule has 4 aromatic carbocycles. The summed E-state index contributed by atoms with van der Waals surface area (Å²) in [6, 6.07) is 32.5. The first-order valence-corrected chi connectivity index (χ1v) is 11.7. The molecule has 186 valence electrons. The van der Waals surface area contributed by atoms with E-state index in [4.69, 9.17) is 14.2 Å². The van der Waals surface area contributed by atoms with Gasteiger partial charge in [-0.1, -0.05) is 48.5 Å². The van der Waals surface area contributed by atoms with Crippen LogP contribution in [0.3, 0.4) is 0 Å². The second kappa shape index (κ2) is 12.7. The van der Waals surface area contributed by atoms with E-state index in [0.717, 1.165) is 11.1 Å². The quantitative estimate of drug-likeness (QED) is 0.138. The van der Waals surface area contributed by atoms with Crippen LogP contribution in [0.4, 0.5) is 0 Å². The highest BCUT2D eigenvalue weighted by atomic mass is 16.5. The van der Waals surface area contributed by atoms with Gasteiger partial charge in [0.25, 0.3) is 5.91 Å². The lowest BCUT2D eigenvalue weighted by atomic mass is 10.2. The van der Waals surface area contributed by atoms with Crippen LogP contribution >= 0.6 is 0 Å². The Hall–Kier alpha value is -4.91. The molecular formula is C30H26N2O5. The number of ether oxygens (including phenoxy) is 3. The molecule has 0 aliphatic rings. The molecule has 0 radical (unpaired) electrons. The third-order valence-corrected chi connectivity index (χ3v) is 5.24. The first-order valence-electron chi connectivity index (χ1n) is 11.7. The second-order valence-corrected chi connectivity index (χ2v) is 8.06.